The van der Waals surface area contributed by atoms with Gasteiger partial charge in [0.25, 0.3) is 5.91 Å². The van der Waals surface area contributed by atoms with Gasteiger partial charge in [-0.25, -0.2) is 10.2 Å². The number of rotatable bonds is 9. The summed E-state index contributed by atoms with van der Waals surface area (Å²) in [5.41, 5.74) is 3.24. The molecule has 0 saturated heterocycles. The van der Waals surface area contributed by atoms with Crippen LogP contribution in [0.1, 0.15) is 22.8 Å². The molecule has 33 heavy (non-hydrogen) atoms. The molecule has 0 bridgehead atoms. The zero-order chi connectivity index (χ0) is 23.6. The monoisotopic (exact) mass is 486 g/mol. The van der Waals surface area contributed by atoms with Crippen molar-refractivity contribution >= 4 is 41.3 Å². The van der Waals surface area contributed by atoms with Crippen LogP contribution in [-0.2, 0) is 4.79 Å². The molecule has 3 rings (SSSR count). The van der Waals surface area contributed by atoms with E-state index in [4.69, 9.17) is 37.4 Å². The molecule has 1 N–H and O–H groups in total. The Labute approximate surface area is 200 Å². The number of carbonyl (C=O) groups excluding carboxylic acids is 2. The minimum absolute atomic E-state index is 0.208. The van der Waals surface area contributed by atoms with Gasteiger partial charge in [0.05, 0.1) is 23.4 Å². The third-order valence-electron chi connectivity index (χ3n) is 4.15. The number of nitrogens with zero attached hydrogens (tertiary/aromatic N) is 1. The SMILES string of the molecule is CCOc1cc(/C=N/NC(=O)COc2ccc(Cl)cc2)ccc1OC(=O)c1ccccc1Cl. The van der Waals surface area contributed by atoms with Crippen molar-refractivity contribution in [3.05, 3.63) is 87.9 Å². The summed E-state index contributed by atoms with van der Waals surface area (Å²) < 4.78 is 16.4. The number of nitrogens with one attached hydrogen (secondary N) is 1. The van der Waals surface area contributed by atoms with E-state index in [-0.39, 0.29) is 17.9 Å². The van der Waals surface area contributed by atoms with Crippen LogP contribution in [0.2, 0.25) is 10.0 Å². The number of esters is 1. The van der Waals surface area contributed by atoms with Crippen LogP contribution in [0.25, 0.3) is 0 Å². The standard InChI is InChI=1S/C24H20Cl2N2O5/c1-2-31-22-13-16(7-12-21(22)33-24(30)19-5-3-4-6-20(19)26)14-27-28-23(29)15-32-18-10-8-17(25)9-11-18/h3-14H,2,15H2,1H3,(H,28,29)/b27-14+. The quantitative estimate of drug-likeness (QED) is 0.196. The van der Waals surface area contributed by atoms with Gasteiger partial charge >= 0.3 is 5.97 Å². The molecule has 7 nitrogen and oxygen atoms in total. The van der Waals surface area contributed by atoms with Gasteiger partial charge in [-0.05, 0) is 67.1 Å². The van der Waals surface area contributed by atoms with E-state index in [1.165, 1.54) is 6.21 Å². The van der Waals surface area contributed by atoms with E-state index in [0.29, 0.717) is 33.7 Å². The first-order valence-electron chi connectivity index (χ1n) is 9.90. The molecule has 1 amide bonds. The molecule has 0 radical (unpaired) electrons. The fourth-order valence-corrected chi connectivity index (χ4v) is 2.97. The lowest BCUT2D eigenvalue weighted by Crippen LogP contribution is -2.24. The second-order valence-electron chi connectivity index (χ2n) is 6.54. The maximum atomic E-state index is 12.4. The Bertz CT molecular complexity index is 1150. The van der Waals surface area contributed by atoms with Crippen molar-refractivity contribution in [2.75, 3.05) is 13.2 Å². The lowest BCUT2D eigenvalue weighted by molar-refractivity contribution is -0.123. The second-order valence-corrected chi connectivity index (χ2v) is 7.39. The first-order valence-corrected chi connectivity index (χ1v) is 10.7. The molecule has 0 saturated carbocycles. The zero-order valence-corrected chi connectivity index (χ0v) is 19.1. The van der Waals surface area contributed by atoms with Gasteiger partial charge in [0.2, 0.25) is 0 Å². The second kappa shape index (κ2) is 11.9. The summed E-state index contributed by atoms with van der Waals surface area (Å²) in [5, 5.41) is 4.78. The number of halogens is 2. The maximum Gasteiger partial charge on any atom is 0.345 e. The van der Waals surface area contributed by atoms with Crippen LogP contribution in [-0.4, -0.2) is 31.3 Å². The summed E-state index contributed by atoms with van der Waals surface area (Å²) in [5.74, 6) is 0.0628. The van der Waals surface area contributed by atoms with Crippen molar-refractivity contribution < 1.29 is 23.8 Å². The fraction of sp³-hybridized carbons (Fsp3) is 0.125. The predicted molar refractivity (Wildman–Crippen MR) is 127 cm³/mol. The van der Waals surface area contributed by atoms with E-state index in [2.05, 4.69) is 10.5 Å². The summed E-state index contributed by atoms with van der Waals surface area (Å²) in [6, 6.07) is 18.1. The van der Waals surface area contributed by atoms with Crippen molar-refractivity contribution in [1.82, 2.24) is 5.43 Å². The fourth-order valence-electron chi connectivity index (χ4n) is 2.63. The smallest absolute Gasteiger partial charge is 0.345 e. The molecule has 9 heteroatoms. The van der Waals surface area contributed by atoms with E-state index in [9.17, 15) is 9.59 Å². The van der Waals surface area contributed by atoms with Crippen molar-refractivity contribution in [3.8, 4) is 17.2 Å². The number of amides is 1. The highest BCUT2D eigenvalue weighted by atomic mass is 35.5. The lowest BCUT2D eigenvalue weighted by atomic mass is 10.2. The van der Waals surface area contributed by atoms with Gasteiger partial charge < -0.3 is 14.2 Å². The van der Waals surface area contributed by atoms with Crippen LogP contribution in [0.3, 0.4) is 0 Å². The van der Waals surface area contributed by atoms with Crippen LogP contribution in [0.4, 0.5) is 0 Å². The Hall–Kier alpha value is -3.55. The molecule has 0 aliphatic rings. The Morgan fingerprint density at radius 1 is 0.970 bits per heavy atom. The Morgan fingerprint density at radius 2 is 1.73 bits per heavy atom. The molecule has 0 unspecified atom stereocenters. The minimum atomic E-state index is -0.601. The number of hydrogen-bond donors (Lipinski definition) is 1. The van der Waals surface area contributed by atoms with Gasteiger partial charge in [-0.3, -0.25) is 4.79 Å². The molecule has 170 valence electrons. The molecule has 0 fully saturated rings. The number of benzene rings is 3. The summed E-state index contributed by atoms with van der Waals surface area (Å²) in [4.78, 5) is 24.4. The van der Waals surface area contributed by atoms with Crippen molar-refractivity contribution in [2.24, 2.45) is 5.10 Å². The highest BCUT2D eigenvalue weighted by Gasteiger charge is 2.15. The van der Waals surface area contributed by atoms with Crippen molar-refractivity contribution in [3.63, 3.8) is 0 Å². The van der Waals surface area contributed by atoms with Gasteiger partial charge in [0, 0.05) is 5.02 Å². The number of ether oxygens (including phenoxy) is 3. The molecule has 0 atom stereocenters. The largest absolute Gasteiger partial charge is 0.490 e. The van der Waals surface area contributed by atoms with Gasteiger partial charge in [-0.1, -0.05) is 35.3 Å². The molecule has 3 aromatic carbocycles. The number of carbonyl (C=O) groups is 2. The van der Waals surface area contributed by atoms with Gasteiger partial charge in [0.15, 0.2) is 18.1 Å². The van der Waals surface area contributed by atoms with Crippen molar-refractivity contribution in [2.45, 2.75) is 6.92 Å². The van der Waals surface area contributed by atoms with E-state index in [1.807, 2.05) is 0 Å². The molecule has 0 aromatic heterocycles. The highest BCUT2D eigenvalue weighted by molar-refractivity contribution is 6.33. The average molecular weight is 487 g/mol. The molecule has 3 aromatic rings. The topological polar surface area (TPSA) is 86.2 Å². The van der Waals surface area contributed by atoms with Gasteiger partial charge in [-0.2, -0.15) is 5.10 Å². The first-order chi connectivity index (χ1) is 16.0. The molecular weight excluding hydrogens is 467 g/mol. The van der Waals surface area contributed by atoms with Crippen LogP contribution in [0.15, 0.2) is 71.8 Å². The van der Waals surface area contributed by atoms with E-state index < -0.39 is 11.9 Å². The summed E-state index contributed by atoms with van der Waals surface area (Å²) in [6.07, 6.45) is 1.43. The van der Waals surface area contributed by atoms with Crippen LogP contribution in [0, 0.1) is 0 Å². The maximum absolute atomic E-state index is 12.4. The molecule has 0 spiro atoms. The molecule has 0 aliphatic carbocycles. The Balaban J connectivity index is 1.60. The van der Waals surface area contributed by atoms with E-state index >= 15 is 0 Å². The third-order valence-corrected chi connectivity index (χ3v) is 4.73. The Morgan fingerprint density at radius 3 is 2.45 bits per heavy atom. The van der Waals surface area contributed by atoms with E-state index in [0.717, 1.165) is 0 Å². The minimum Gasteiger partial charge on any atom is -0.490 e. The summed E-state index contributed by atoms with van der Waals surface area (Å²) in [6.45, 7) is 1.96. The van der Waals surface area contributed by atoms with Gasteiger partial charge in [-0.15, -0.1) is 0 Å². The van der Waals surface area contributed by atoms with Crippen LogP contribution >= 0.6 is 23.2 Å². The third kappa shape index (κ3) is 7.24. The Kier molecular flexibility index (Phi) is 8.69. The lowest BCUT2D eigenvalue weighted by Gasteiger charge is -2.12. The number of hydrazone groups is 1. The molecule has 0 aliphatic heterocycles. The summed E-state index contributed by atoms with van der Waals surface area (Å²) in [7, 11) is 0. The first kappa shape index (κ1) is 24.1. The normalized spacial score (nSPS) is 10.6. The van der Waals surface area contributed by atoms with E-state index in [1.54, 1.807) is 73.7 Å². The summed E-state index contributed by atoms with van der Waals surface area (Å²) >= 11 is 11.9. The average Bonchev–Trinajstić information content (AvgIpc) is 2.80. The van der Waals surface area contributed by atoms with Gasteiger partial charge in [0.1, 0.15) is 5.75 Å². The number of hydrogen-bond acceptors (Lipinski definition) is 6. The van der Waals surface area contributed by atoms with Crippen LogP contribution < -0.4 is 19.6 Å². The molecule has 0 heterocycles. The molecular formula is C24H20Cl2N2O5. The van der Waals surface area contributed by atoms with Crippen molar-refractivity contribution in [1.29, 1.82) is 0 Å². The van der Waals surface area contributed by atoms with Crippen LogP contribution in [0.5, 0.6) is 17.2 Å². The highest BCUT2D eigenvalue weighted by Crippen LogP contribution is 2.29. The predicted octanol–water partition coefficient (Wildman–Crippen LogP) is 5.14. The zero-order valence-electron chi connectivity index (χ0n) is 17.6.